The SMILES string of the molecule is C=C1NC(=S)N[C@H](c2ccc(O[C@@H](C)C(=O)OC)c(OC)c2)[C@@H]1C(=O)Nc1ccccc1OC. The number of methoxy groups -OCH3 is 3. The number of amides is 1. The topological polar surface area (TPSA) is 107 Å². The number of thiocarbonyl (C=S) groups is 1. The molecule has 3 N–H and O–H groups in total. The number of nitrogens with one attached hydrogen (secondary N) is 3. The van der Waals surface area contributed by atoms with Gasteiger partial charge in [0.05, 0.1) is 33.1 Å². The van der Waals surface area contributed by atoms with Crippen LogP contribution in [0.4, 0.5) is 5.69 Å². The first-order valence-electron chi connectivity index (χ1n) is 10.4. The Morgan fingerprint density at radius 2 is 1.76 bits per heavy atom. The van der Waals surface area contributed by atoms with E-state index >= 15 is 0 Å². The summed E-state index contributed by atoms with van der Waals surface area (Å²) in [6.07, 6.45) is -0.825. The van der Waals surface area contributed by atoms with Crippen LogP contribution >= 0.6 is 12.2 Å². The van der Waals surface area contributed by atoms with Crippen molar-refractivity contribution in [2.24, 2.45) is 5.92 Å². The van der Waals surface area contributed by atoms with E-state index in [1.165, 1.54) is 21.3 Å². The molecule has 0 spiro atoms. The van der Waals surface area contributed by atoms with Crippen molar-refractivity contribution < 1.29 is 28.5 Å². The van der Waals surface area contributed by atoms with Crippen LogP contribution in [0.15, 0.2) is 54.7 Å². The van der Waals surface area contributed by atoms with Gasteiger partial charge in [-0.3, -0.25) is 4.79 Å². The maximum absolute atomic E-state index is 13.4. The van der Waals surface area contributed by atoms with E-state index in [0.29, 0.717) is 39.3 Å². The molecule has 0 bridgehead atoms. The van der Waals surface area contributed by atoms with Crippen LogP contribution < -0.4 is 30.2 Å². The van der Waals surface area contributed by atoms with Crippen molar-refractivity contribution in [3.63, 3.8) is 0 Å². The van der Waals surface area contributed by atoms with Crippen LogP contribution in [0, 0.1) is 5.92 Å². The average molecular weight is 486 g/mol. The average Bonchev–Trinajstić information content (AvgIpc) is 2.83. The molecule has 34 heavy (non-hydrogen) atoms. The molecule has 9 nitrogen and oxygen atoms in total. The molecule has 0 unspecified atom stereocenters. The van der Waals surface area contributed by atoms with Gasteiger partial charge in [0.2, 0.25) is 5.91 Å². The third-order valence-corrected chi connectivity index (χ3v) is 5.52. The van der Waals surface area contributed by atoms with Crippen molar-refractivity contribution >= 4 is 34.9 Å². The van der Waals surface area contributed by atoms with Gasteiger partial charge in [0.15, 0.2) is 22.7 Å². The minimum atomic E-state index is -0.825. The fraction of sp³-hybridized carbons (Fsp3) is 0.292. The molecule has 3 atom stereocenters. The number of carbonyl (C=O) groups is 2. The third kappa shape index (κ3) is 5.40. The second kappa shape index (κ2) is 10.9. The normalized spacial score (nSPS) is 18.1. The highest BCUT2D eigenvalue weighted by Gasteiger charge is 2.37. The lowest BCUT2D eigenvalue weighted by molar-refractivity contribution is -0.148. The van der Waals surface area contributed by atoms with Gasteiger partial charge in [-0.25, -0.2) is 4.79 Å². The summed E-state index contributed by atoms with van der Waals surface area (Å²) in [7, 11) is 4.31. The van der Waals surface area contributed by atoms with Crippen molar-refractivity contribution in [3.05, 3.63) is 60.3 Å². The molecular weight excluding hydrogens is 458 g/mol. The Morgan fingerprint density at radius 1 is 1.06 bits per heavy atom. The lowest BCUT2D eigenvalue weighted by Crippen LogP contribution is -2.51. The minimum absolute atomic E-state index is 0.305. The zero-order valence-corrected chi connectivity index (χ0v) is 20.2. The predicted molar refractivity (Wildman–Crippen MR) is 131 cm³/mol. The van der Waals surface area contributed by atoms with Gasteiger partial charge in [-0.2, -0.15) is 0 Å². The van der Waals surface area contributed by atoms with E-state index < -0.39 is 24.0 Å². The molecule has 3 rings (SSSR count). The molecule has 180 valence electrons. The number of benzene rings is 2. The van der Waals surface area contributed by atoms with E-state index in [-0.39, 0.29) is 5.91 Å². The standard InChI is InChI=1S/C24H27N3O6S/c1-13-20(22(28)26-16-8-6-7-9-17(16)30-3)21(27-24(34)25-13)15-10-11-18(19(12-15)31-4)33-14(2)23(29)32-5/h6-12,14,20-21H,1H2,2-5H3,(H,26,28)(H2,25,27,34)/t14-,20+,21+/m0/s1. The fourth-order valence-electron chi connectivity index (χ4n) is 3.61. The second-order valence-corrected chi connectivity index (χ2v) is 7.87. The number of carbonyl (C=O) groups excluding carboxylic acids is 2. The van der Waals surface area contributed by atoms with Crippen molar-refractivity contribution in [2.75, 3.05) is 26.6 Å². The Balaban J connectivity index is 1.91. The molecule has 1 aliphatic rings. The number of rotatable bonds is 8. The summed E-state index contributed by atoms with van der Waals surface area (Å²) < 4.78 is 21.2. The van der Waals surface area contributed by atoms with E-state index in [4.69, 9.17) is 31.2 Å². The first-order chi connectivity index (χ1) is 16.3. The molecule has 1 saturated heterocycles. The molecule has 2 aromatic carbocycles. The second-order valence-electron chi connectivity index (χ2n) is 7.46. The number of hydrogen-bond donors (Lipinski definition) is 3. The summed E-state index contributed by atoms with van der Waals surface area (Å²) in [6.45, 7) is 5.59. The maximum atomic E-state index is 13.4. The lowest BCUT2D eigenvalue weighted by Gasteiger charge is -2.35. The van der Waals surface area contributed by atoms with Gasteiger partial charge >= 0.3 is 5.97 Å². The van der Waals surface area contributed by atoms with Crippen LogP contribution in [0.1, 0.15) is 18.5 Å². The Bertz CT molecular complexity index is 1110. The maximum Gasteiger partial charge on any atom is 0.346 e. The lowest BCUT2D eigenvalue weighted by atomic mass is 9.88. The van der Waals surface area contributed by atoms with E-state index in [2.05, 4.69) is 22.5 Å². The Morgan fingerprint density at radius 3 is 2.44 bits per heavy atom. The number of esters is 1. The van der Waals surface area contributed by atoms with Crippen molar-refractivity contribution in [1.82, 2.24) is 10.6 Å². The summed E-state index contributed by atoms with van der Waals surface area (Å²) in [5.41, 5.74) is 1.69. The zero-order chi connectivity index (χ0) is 24.8. The van der Waals surface area contributed by atoms with Crippen LogP contribution in [-0.2, 0) is 14.3 Å². The summed E-state index contributed by atoms with van der Waals surface area (Å²) in [5.74, 6) is -0.264. The van der Waals surface area contributed by atoms with Gasteiger partial charge in [-0.15, -0.1) is 0 Å². The van der Waals surface area contributed by atoms with Gasteiger partial charge in [-0.1, -0.05) is 24.8 Å². The van der Waals surface area contributed by atoms with E-state index in [1.54, 1.807) is 43.3 Å². The number of para-hydroxylation sites is 2. The monoisotopic (exact) mass is 485 g/mol. The molecule has 2 aromatic rings. The van der Waals surface area contributed by atoms with E-state index in [0.717, 1.165) is 0 Å². The van der Waals surface area contributed by atoms with Gasteiger partial charge in [0.1, 0.15) is 11.7 Å². The molecule has 0 radical (unpaired) electrons. The molecule has 10 heteroatoms. The summed E-state index contributed by atoms with van der Waals surface area (Å²) >= 11 is 5.31. The van der Waals surface area contributed by atoms with E-state index in [1.807, 2.05) is 6.07 Å². The Labute approximate surface area is 203 Å². The van der Waals surface area contributed by atoms with Gasteiger partial charge in [0.25, 0.3) is 0 Å². The molecule has 0 saturated carbocycles. The molecule has 1 heterocycles. The predicted octanol–water partition coefficient (Wildman–Crippen LogP) is 2.93. The van der Waals surface area contributed by atoms with Gasteiger partial charge < -0.3 is 34.9 Å². The molecule has 0 aliphatic carbocycles. The Kier molecular flexibility index (Phi) is 7.95. The summed E-state index contributed by atoms with van der Waals surface area (Å²) in [6, 6.07) is 11.7. The van der Waals surface area contributed by atoms with Gasteiger partial charge in [0, 0.05) is 5.70 Å². The first-order valence-corrected chi connectivity index (χ1v) is 10.8. The molecule has 1 aliphatic heterocycles. The smallest absolute Gasteiger partial charge is 0.346 e. The van der Waals surface area contributed by atoms with Gasteiger partial charge in [-0.05, 0) is 49.0 Å². The minimum Gasteiger partial charge on any atom is -0.495 e. The summed E-state index contributed by atoms with van der Waals surface area (Å²) in [5, 5.41) is 9.33. The highest BCUT2D eigenvalue weighted by molar-refractivity contribution is 7.80. The van der Waals surface area contributed by atoms with Crippen LogP contribution in [-0.4, -0.2) is 44.4 Å². The molecule has 1 amide bonds. The largest absolute Gasteiger partial charge is 0.495 e. The van der Waals surface area contributed by atoms with Crippen molar-refractivity contribution in [2.45, 2.75) is 19.1 Å². The third-order valence-electron chi connectivity index (χ3n) is 5.30. The number of anilines is 1. The molecule has 0 aromatic heterocycles. The number of ether oxygens (including phenoxy) is 4. The van der Waals surface area contributed by atoms with Crippen LogP contribution in [0.5, 0.6) is 17.2 Å². The first kappa shape index (κ1) is 24.8. The molecular formula is C24H27N3O6S. The van der Waals surface area contributed by atoms with Crippen molar-refractivity contribution in [1.29, 1.82) is 0 Å². The van der Waals surface area contributed by atoms with Crippen LogP contribution in [0.2, 0.25) is 0 Å². The summed E-state index contributed by atoms with van der Waals surface area (Å²) in [4.78, 5) is 25.1. The fourth-order valence-corrected chi connectivity index (χ4v) is 3.87. The van der Waals surface area contributed by atoms with Crippen LogP contribution in [0.25, 0.3) is 0 Å². The highest BCUT2D eigenvalue weighted by Crippen LogP contribution is 2.37. The van der Waals surface area contributed by atoms with Crippen LogP contribution in [0.3, 0.4) is 0 Å². The van der Waals surface area contributed by atoms with Crippen molar-refractivity contribution in [3.8, 4) is 17.2 Å². The Hall–Kier alpha value is -3.79. The van der Waals surface area contributed by atoms with E-state index in [9.17, 15) is 9.59 Å². The quantitative estimate of drug-likeness (QED) is 0.384. The highest BCUT2D eigenvalue weighted by atomic mass is 32.1. The molecule has 1 fully saturated rings. The number of hydrogen-bond acceptors (Lipinski definition) is 7. The zero-order valence-electron chi connectivity index (χ0n) is 19.3.